The Hall–Kier alpha value is -1.01. The first kappa shape index (κ1) is 73.1. The number of hydrogen-bond donors (Lipinski definition) is 9. The van der Waals surface area contributed by atoms with Crippen LogP contribution in [0.1, 0.15) is 309 Å². The lowest BCUT2D eigenvalue weighted by atomic mass is 9.97. The predicted octanol–water partition coefficient (Wildman–Crippen LogP) is 12.5. The molecule has 1 amide bonds. The lowest BCUT2D eigenvalue weighted by Crippen LogP contribution is -2.65. The molecule has 0 bridgehead atoms. The average Bonchev–Trinajstić information content (AvgIpc) is 3.44. The summed E-state index contributed by atoms with van der Waals surface area (Å²) in [6.45, 7) is 2.88. The molecule has 2 aliphatic heterocycles. The molecule has 14 heteroatoms. The first-order chi connectivity index (χ1) is 38.1. The van der Waals surface area contributed by atoms with Gasteiger partial charge in [0.05, 0.1) is 32.0 Å². The molecule has 0 aliphatic carbocycles. The first-order valence-corrected chi connectivity index (χ1v) is 33.3. The fraction of sp³-hybridized carbons (Fsp3) is 0.984. The Labute approximate surface area is 476 Å². The topological polar surface area (TPSA) is 228 Å². The Balaban J connectivity index is 1.55. The van der Waals surface area contributed by atoms with Crippen molar-refractivity contribution in [2.45, 2.75) is 383 Å². The molecule has 2 fully saturated rings. The third-order valence-corrected chi connectivity index (χ3v) is 16.8. The van der Waals surface area contributed by atoms with Crippen LogP contribution in [0.4, 0.5) is 0 Å². The highest BCUT2D eigenvalue weighted by molar-refractivity contribution is 5.76. The second-order valence-electron chi connectivity index (χ2n) is 24.0. The summed E-state index contributed by atoms with van der Waals surface area (Å²) in [7, 11) is 0. The maximum atomic E-state index is 13.3. The van der Waals surface area contributed by atoms with Crippen LogP contribution in [0.15, 0.2) is 0 Å². The predicted molar refractivity (Wildman–Crippen MR) is 314 cm³/mol. The van der Waals surface area contributed by atoms with Gasteiger partial charge in [-0.25, -0.2) is 0 Å². The van der Waals surface area contributed by atoms with Crippen molar-refractivity contribution in [2.24, 2.45) is 0 Å². The fourth-order valence-electron chi connectivity index (χ4n) is 11.5. The van der Waals surface area contributed by atoms with E-state index in [0.29, 0.717) is 12.8 Å². The quantitative estimate of drug-likeness (QED) is 0.0259. The Kier molecular flexibility index (Phi) is 47.3. The number of aliphatic hydroxyl groups is 8. The van der Waals surface area contributed by atoms with Crippen molar-refractivity contribution in [2.75, 3.05) is 19.8 Å². The van der Waals surface area contributed by atoms with E-state index in [1.807, 2.05) is 0 Å². The van der Waals surface area contributed by atoms with Gasteiger partial charge >= 0.3 is 0 Å². The molecule has 0 aromatic rings. The molecule has 14 nitrogen and oxygen atoms in total. The van der Waals surface area contributed by atoms with Crippen molar-refractivity contribution < 1.29 is 64.6 Å². The summed E-state index contributed by atoms with van der Waals surface area (Å²) in [5, 5.41) is 87.1. The van der Waals surface area contributed by atoms with Crippen LogP contribution in [0.3, 0.4) is 0 Å². The first-order valence-electron chi connectivity index (χ1n) is 33.3. The van der Waals surface area contributed by atoms with Crippen LogP contribution in [0.5, 0.6) is 0 Å². The van der Waals surface area contributed by atoms with Crippen molar-refractivity contribution in [3.8, 4) is 0 Å². The Morgan fingerprint density at radius 3 is 1.09 bits per heavy atom. The summed E-state index contributed by atoms with van der Waals surface area (Å²) < 4.78 is 22.8. The molecule has 0 spiro atoms. The van der Waals surface area contributed by atoms with Crippen LogP contribution < -0.4 is 5.32 Å². The van der Waals surface area contributed by atoms with Gasteiger partial charge in [-0.15, -0.1) is 0 Å². The van der Waals surface area contributed by atoms with Crippen molar-refractivity contribution in [1.82, 2.24) is 5.32 Å². The summed E-state index contributed by atoms with van der Waals surface area (Å²) in [5.41, 5.74) is 0. The number of carbonyl (C=O) groups is 1. The van der Waals surface area contributed by atoms with Crippen LogP contribution in [0.25, 0.3) is 0 Å². The van der Waals surface area contributed by atoms with E-state index in [1.165, 1.54) is 231 Å². The van der Waals surface area contributed by atoms with Crippen molar-refractivity contribution >= 4 is 5.91 Å². The van der Waals surface area contributed by atoms with E-state index in [2.05, 4.69) is 19.2 Å². The molecule has 2 rings (SSSR count). The minimum Gasteiger partial charge on any atom is -0.394 e. The number of amides is 1. The van der Waals surface area contributed by atoms with Crippen molar-refractivity contribution in [1.29, 1.82) is 0 Å². The molecule has 12 atom stereocenters. The van der Waals surface area contributed by atoms with E-state index in [1.54, 1.807) is 0 Å². The van der Waals surface area contributed by atoms with E-state index in [4.69, 9.17) is 18.9 Å². The van der Waals surface area contributed by atoms with E-state index in [0.717, 1.165) is 51.4 Å². The summed E-state index contributed by atoms with van der Waals surface area (Å²) in [5.74, 6) is -0.201. The van der Waals surface area contributed by atoms with E-state index in [9.17, 15) is 45.6 Å². The Morgan fingerprint density at radius 2 is 0.731 bits per heavy atom. The molecule has 4 unspecified atom stereocenters. The third-order valence-electron chi connectivity index (χ3n) is 16.8. The molecule has 0 aromatic heterocycles. The Morgan fingerprint density at radius 1 is 0.410 bits per heavy atom. The molecular weight excluding hydrogens is 991 g/mol. The smallest absolute Gasteiger partial charge is 0.220 e. The molecule has 0 saturated carbocycles. The Bertz CT molecular complexity index is 1310. The fourth-order valence-corrected chi connectivity index (χ4v) is 11.5. The number of rotatable bonds is 55. The lowest BCUT2D eigenvalue weighted by Gasteiger charge is -2.46. The van der Waals surface area contributed by atoms with Gasteiger partial charge in [-0.05, 0) is 12.8 Å². The second-order valence-corrected chi connectivity index (χ2v) is 24.0. The molecular formula is C64H125NO13. The van der Waals surface area contributed by atoms with Gasteiger partial charge in [-0.1, -0.05) is 290 Å². The molecule has 2 aliphatic rings. The van der Waals surface area contributed by atoms with Gasteiger partial charge in [-0.2, -0.15) is 0 Å². The molecule has 0 aromatic carbocycles. The van der Waals surface area contributed by atoms with Gasteiger partial charge in [0.1, 0.15) is 48.8 Å². The highest BCUT2D eigenvalue weighted by Crippen LogP contribution is 2.30. The monoisotopic (exact) mass is 1120 g/mol. The number of aliphatic hydroxyl groups excluding tert-OH is 8. The zero-order valence-corrected chi connectivity index (χ0v) is 50.2. The molecule has 464 valence electrons. The van der Waals surface area contributed by atoms with Crippen LogP contribution >= 0.6 is 0 Å². The molecule has 2 heterocycles. The van der Waals surface area contributed by atoms with Gasteiger partial charge < -0.3 is 65.1 Å². The molecule has 2 saturated heterocycles. The zero-order valence-electron chi connectivity index (χ0n) is 50.2. The molecule has 0 radical (unpaired) electrons. The zero-order chi connectivity index (χ0) is 56.7. The average molecular weight is 1120 g/mol. The number of carbonyl (C=O) groups excluding carboxylic acids is 1. The van der Waals surface area contributed by atoms with Gasteiger partial charge in [0.2, 0.25) is 5.91 Å². The van der Waals surface area contributed by atoms with Gasteiger partial charge in [0.25, 0.3) is 0 Å². The SMILES string of the molecule is CCCCCCCCCCCCCCCCCCCCCCCCCCCCCCCCCCCCC(=O)N[C@@H](CO[C@@H]1O[C@H](CO)[C@@H](O[C@@H]2O[C@H](CO)[C@H](O)C(O)C2O)C(O)C1O)[C@H](O)CCCCCCCCCCCC. The van der Waals surface area contributed by atoms with E-state index >= 15 is 0 Å². The minimum atomic E-state index is -1.78. The summed E-state index contributed by atoms with van der Waals surface area (Å²) in [4.78, 5) is 13.3. The van der Waals surface area contributed by atoms with E-state index < -0.39 is 86.8 Å². The largest absolute Gasteiger partial charge is 0.394 e. The van der Waals surface area contributed by atoms with Gasteiger partial charge in [0, 0.05) is 6.42 Å². The third kappa shape index (κ3) is 35.2. The lowest BCUT2D eigenvalue weighted by molar-refractivity contribution is -0.359. The van der Waals surface area contributed by atoms with Crippen LogP contribution in [-0.4, -0.2) is 140 Å². The molecule has 78 heavy (non-hydrogen) atoms. The number of ether oxygens (including phenoxy) is 4. The highest BCUT2D eigenvalue weighted by Gasteiger charge is 2.51. The van der Waals surface area contributed by atoms with Gasteiger partial charge in [-0.3, -0.25) is 4.79 Å². The molecule has 9 N–H and O–H groups in total. The highest BCUT2D eigenvalue weighted by atomic mass is 16.7. The summed E-state index contributed by atoms with van der Waals surface area (Å²) in [6.07, 6.45) is 41.6. The van der Waals surface area contributed by atoms with Gasteiger partial charge in [0.15, 0.2) is 12.6 Å². The maximum Gasteiger partial charge on any atom is 0.220 e. The second kappa shape index (κ2) is 50.5. The standard InChI is InChI=1S/C64H125NO13/c1-3-5-7-9-11-13-15-16-17-18-19-20-21-22-23-24-25-26-27-28-29-30-31-32-33-34-35-36-37-38-40-42-44-46-48-56(69)65-52(53(68)47-45-43-41-39-14-12-10-8-6-4-2)51-75-63-61(74)59(72)62(55(50-67)77-63)78-64-60(73)58(71)57(70)54(49-66)76-64/h52-55,57-64,66-68,70-74H,3-51H2,1-2H3,(H,65,69)/t52-,53+,54+,55+,57-,58?,59?,60?,61?,62+,63+,64-/m0/s1. The minimum absolute atomic E-state index is 0.201. The van der Waals surface area contributed by atoms with Crippen LogP contribution in [-0.2, 0) is 23.7 Å². The number of unbranched alkanes of at least 4 members (excludes halogenated alkanes) is 42. The number of hydrogen-bond acceptors (Lipinski definition) is 13. The van der Waals surface area contributed by atoms with E-state index in [-0.39, 0.29) is 12.5 Å². The summed E-state index contributed by atoms with van der Waals surface area (Å²) >= 11 is 0. The maximum absolute atomic E-state index is 13.3. The number of nitrogens with one attached hydrogen (secondary N) is 1. The summed E-state index contributed by atoms with van der Waals surface area (Å²) in [6, 6.07) is -0.821. The van der Waals surface area contributed by atoms with Crippen molar-refractivity contribution in [3.05, 3.63) is 0 Å². The normalized spacial score (nSPS) is 24.4. The van der Waals surface area contributed by atoms with Crippen LogP contribution in [0.2, 0.25) is 0 Å². The van der Waals surface area contributed by atoms with Crippen LogP contribution in [0, 0.1) is 0 Å². The van der Waals surface area contributed by atoms with Crippen molar-refractivity contribution in [3.63, 3.8) is 0 Å².